The lowest BCUT2D eigenvalue weighted by molar-refractivity contribution is -0.388. The number of carbonyl (C=O) groups is 1. The molecule has 1 saturated heterocycles. The Morgan fingerprint density at radius 1 is 1.18 bits per heavy atom. The number of rotatable bonds is 7. The fraction of sp³-hybridized carbons (Fsp3) is 0.632. The van der Waals surface area contributed by atoms with Crippen molar-refractivity contribution in [2.75, 3.05) is 50.8 Å². The zero-order valence-corrected chi connectivity index (χ0v) is 17.4. The number of benzene rings is 1. The van der Waals surface area contributed by atoms with Crippen molar-refractivity contribution in [1.82, 2.24) is 4.90 Å². The first-order chi connectivity index (χ1) is 15.3. The van der Waals surface area contributed by atoms with Crippen LogP contribution in [0.4, 0.5) is 37.7 Å². The number of halogens is 6. The van der Waals surface area contributed by atoms with E-state index in [4.69, 9.17) is 14.6 Å². The minimum absolute atomic E-state index is 0.392. The molecule has 0 atom stereocenters. The summed E-state index contributed by atoms with van der Waals surface area (Å²) in [5.74, 6) is -2.27. The molecule has 0 amide bonds. The van der Waals surface area contributed by atoms with Gasteiger partial charge in [0.25, 0.3) is 5.69 Å². The third-order valence-corrected chi connectivity index (χ3v) is 5.06. The molecule has 3 rings (SSSR count). The summed E-state index contributed by atoms with van der Waals surface area (Å²) in [5.41, 5.74) is -1.70. The van der Waals surface area contributed by atoms with E-state index in [2.05, 4.69) is 4.90 Å². The zero-order chi connectivity index (χ0) is 24.8. The molecule has 1 saturated carbocycles. The van der Waals surface area contributed by atoms with Crippen LogP contribution in [0.1, 0.15) is 18.4 Å². The maximum absolute atomic E-state index is 13.3. The average Bonchev–Trinajstić information content (AvgIpc) is 3.54. The van der Waals surface area contributed by atoms with Crippen LogP contribution in [0.2, 0.25) is 0 Å². The van der Waals surface area contributed by atoms with Gasteiger partial charge in [-0.3, -0.25) is 15.0 Å². The normalized spacial score (nSPS) is 17.2. The van der Waals surface area contributed by atoms with Gasteiger partial charge in [-0.2, -0.15) is 26.3 Å². The summed E-state index contributed by atoms with van der Waals surface area (Å²) in [7, 11) is 0. The van der Waals surface area contributed by atoms with Crippen molar-refractivity contribution in [3.8, 4) is 0 Å². The average molecular weight is 487 g/mol. The number of carboxylic acid groups (broad SMARTS) is 1. The molecule has 2 aliphatic rings. The molecule has 186 valence electrons. The van der Waals surface area contributed by atoms with Crippen molar-refractivity contribution < 1.29 is 45.9 Å². The molecule has 2 fully saturated rings. The maximum Gasteiger partial charge on any atom is 0.490 e. The van der Waals surface area contributed by atoms with Crippen molar-refractivity contribution in [3.05, 3.63) is 33.9 Å². The lowest BCUT2D eigenvalue weighted by Crippen LogP contribution is -2.42. The Morgan fingerprint density at radius 2 is 1.76 bits per heavy atom. The Morgan fingerprint density at radius 3 is 2.21 bits per heavy atom. The lowest BCUT2D eigenvalue weighted by atomic mass is 10.1. The molecule has 1 aliphatic carbocycles. The zero-order valence-electron chi connectivity index (χ0n) is 17.4. The fourth-order valence-corrected chi connectivity index (χ4v) is 3.13. The second-order valence-electron chi connectivity index (χ2n) is 7.60. The van der Waals surface area contributed by atoms with E-state index in [0.29, 0.717) is 37.9 Å². The highest BCUT2D eigenvalue weighted by Crippen LogP contribution is 2.39. The van der Waals surface area contributed by atoms with Crippen LogP contribution in [0, 0.1) is 16.0 Å². The molecule has 0 unspecified atom stereocenters. The Bertz CT molecular complexity index is 823. The first-order valence-corrected chi connectivity index (χ1v) is 10.00. The number of morpholine rings is 1. The molecular weight excluding hydrogens is 464 g/mol. The van der Waals surface area contributed by atoms with Crippen molar-refractivity contribution in [2.45, 2.75) is 25.2 Å². The topological polar surface area (TPSA) is 96.1 Å². The molecule has 14 heteroatoms. The highest BCUT2D eigenvalue weighted by molar-refractivity contribution is 5.73. The van der Waals surface area contributed by atoms with Gasteiger partial charge in [0.15, 0.2) is 0 Å². The highest BCUT2D eigenvalue weighted by Gasteiger charge is 2.39. The van der Waals surface area contributed by atoms with Crippen molar-refractivity contribution in [2.24, 2.45) is 5.92 Å². The molecule has 33 heavy (non-hydrogen) atoms. The summed E-state index contributed by atoms with van der Waals surface area (Å²) >= 11 is 0. The number of carboxylic acids is 1. The predicted molar refractivity (Wildman–Crippen MR) is 104 cm³/mol. The van der Waals surface area contributed by atoms with Gasteiger partial charge in [0, 0.05) is 44.5 Å². The minimum Gasteiger partial charge on any atom is -0.475 e. The SMILES string of the molecule is O=C(O)C(F)(F)F.O=[N+]([O-])c1ccc(N(CCN2CCOCC2)CC2CC2)cc1C(F)(F)F. The van der Waals surface area contributed by atoms with Crippen LogP contribution in [0.25, 0.3) is 0 Å². The first-order valence-electron chi connectivity index (χ1n) is 10.00. The fourth-order valence-electron chi connectivity index (χ4n) is 3.13. The molecule has 1 aromatic carbocycles. The van der Waals surface area contributed by atoms with E-state index in [1.165, 1.54) is 6.07 Å². The maximum atomic E-state index is 13.3. The molecule has 0 radical (unpaired) electrons. The molecule has 8 nitrogen and oxygen atoms in total. The van der Waals surface area contributed by atoms with Crippen molar-refractivity contribution in [1.29, 1.82) is 0 Å². The van der Waals surface area contributed by atoms with Gasteiger partial charge in [0.05, 0.1) is 18.1 Å². The number of ether oxygens (including phenoxy) is 1. The smallest absolute Gasteiger partial charge is 0.475 e. The molecule has 0 bridgehead atoms. The van der Waals surface area contributed by atoms with Gasteiger partial charge in [-0.15, -0.1) is 0 Å². The molecule has 0 aromatic heterocycles. The highest BCUT2D eigenvalue weighted by atomic mass is 19.4. The van der Waals surface area contributed by atoms with Gasteiger partial charge in [-0.05, 0) is 30.9 Å². The predicted octanol–water partition coefficient (Wildman–Crippen LogP) is 3.80. The van der Waals surface area contributed by atoms with Crippen LogP contribution in [-0.2, 0) is 15.7 Å². The number of nitro benzene ring substituents is 1. The van der Waals surface area contributed by atoms with E-state index < -0.39 is 34.5 Å². The van der Waals surface area contributed by atoms with E-state index in [9.17, 15) is 36.5 Å². The van der Waals surface area contributed by atoms with Crippen LogP contribution >= 0.6 is 0 Å². The summed E-state index contributed by atoms with van der Waals surface area (Å²) in [4.78, 5) is 23.0. The monoisotopic (exact) mass is 487 g/mol. The Kier molecular flexibility index (Phi) is 8.89. The summed E-state index contributed by atoms with van der Waals surface area (Å²) in [6, 6.07) is 3.31. The van der Waals surface area contributed by atoms with Gasteiger partial charge < -0.3 is 14.7 Å². The Hall–Kier alpha value is -2.61. The summed E-state index contributed by atoms with van der Waals surface area (Å²) < 4.78 is 76.8. The summed E-state index contributed by atoms with van der Waals surface area (Å²) in [6.45, 7) is 4.95. The van der Waals surface area contributed by atoms with Crippen molar-refractivity contribution >= 4 is 17.3 Å². The van der Waals surface area contributed by atoms with E-state index in [1.54, 1.807) is 0 Å². The Labute approximate surface area is 184 Å². The third-order valence-electron chi connectivity index (χ3n) is 5.06. The number of nitro groups is 1. The number of hydrogen-bond acceptors (Lipinski definition) is 6. The van der Waals surface area contributed by atoms with Crippen LogP contribution in [-0.4, -0.2) is 73.0 Å². The Balaban J connectivity index is 0.000000479. The van der Waals surface area contributed by atoms with E-state index in [-0.39, 0.29) is 0 Å². The summed E-state index contributed by atoms with van der Waals surface area (Å²) in [5, 5.41) is 18.1. The van der Waals surface area contributed by atoms with E-state index >= 15 is 0 Å². The molecular formula is C19H23F6N3O5. The van der Waals surface area contributed by atoms with Crippen LogP contribution in [0.5, 0.6) is 0 Å². The second kappa shape index (κ2) is 11.0. The number of nitrogens with zero attached hydrogens (tertiary/aromatic N) is 3. The molecule has 1 aromatic rings. The third kappa shape index (κ3) is 8.68. The van der Waals surface area contributed by atoms with E-state index in [0.717, 1.165) is 44.6 Å². The standard InChI is InChI=1S/C17H22F3N3O3.C2HF3O2/c18-17(19,20)15-11-14(3-4-16(15)23(24)25)22(12-13-1-2-13)6-5-21-7-9-26-10-8-21;3-2(4,5)1(6)7/h3-4,11,13H,1-2,5-10,12H2;(H,6,7). The van der Waals surface area contributed by atoms with Crippen LogP contribution in [0.15, 0.2) is 18.2 Å². The van der Waals surface area contributed by atoms with Gasteiger partial charge in [0.1, 0.15) is 5.56 Å². The van der Waals surface area contributed by atoms with Crippen LogP contribution < -0.4 is 4.90 Å². The van der Waals surface area contributed by atoms with E-state index in [1.807, 2.05) is 4.90 Å². The molecule has 1 heterocycles. The molecule has 1 aliphatic heterocycles. The number of aliphatic carboxylic acids is 1. The summed E-state index contributed by atoms with van der Waals surface area (Å²) in [6.07, 6.45) is -7.69. The first kappa shape index (κ1) is 26.6. The van der Waals surface area contributed by atoms with Crippen molar-refractivity contribution in [3.63, 3.8) is 0 Å². The second-order valence-corrected chi connectivity index (χ2v) is 7.60. The van der Waals surface area contributed by atoms with Gasteiger partial charge in [-0.1, -0.05) is 0 Å². The quantitative estimate of drug-likeness (QED) is 0.355. The molecule has 0 spiro atoms. The number of anilines is 1. The largest absolute Gasteiger partial charge is 0.490 e. The molecule has 1 N–H and O–H groups in total. The van der Waals surface area contributed by atoms with Gasteiger partial charge in [0.2, 0.25) is 0 Å². The van der Waals surface area contributed by atoms with Gasteiger partial charge >= 0.3 is 18.3 Å². The van der Waals surface area contributed by atoms with Crippen LogP contribution in [0.3, 0.4) is 0 Å². The van der Waals surface area contributed by atoms with Gasteiger partial charge in [-0.25, -0.2) is 4.79 Å². The number of alkyl halides is 6. The minimum atomic E-state index is -5.08. The lowest BCUT2D eigenvalue weighted by Gasteiger charge is -2.31. The number of hydrogen-bond donors (Lipinski definition) is 1.